The molecule has 1 fully saturated rings. The average molecular weight is 421 g/mol. The lowest BCUT2D eigenvalue weighted by Crippen LogP contribution is -2.52. The second-order valence-corrected chi connectivity index (χ2v) is 8.55. The topological polar surface area (TPSA) is 47.6 Å². The van der Waals surface area contributed by atoms with E-state index in [2.05, 4.69) is 75.2 Å². The fraction of sp³-hybridized carbons (Fsp3) is 0.292. The summed E-state index contributed by atoms with van der Waals surface area (Å²) in [7, 11) is 0. The Morgan fingerprint density at radius 2 is 1.57 bits per heavy atom. The van der Waals surface area contributed by atoms with Gasteiger partial charge in [-0.1, -0.05) is 42.5 Å². The molecule has 0 spiro atoms. The van der Waals surface area contributed by atoms with Gasteiger partial charge >= 0.3 is 6.03 Å². The number of thiophene rings is 1. The molecular formula is C24H28N4OS. The molecule has 2 atom stereocenters. The summed E-state index contributed by atoms with van der Waals surface area (Å²) in [6, 6.07) is 24.4. The number of amides is 2. The first-order valence-corrected chi connectivity index (χ1v) is 11.3. The van der Waals surface area contributed by atoms with E-state index in [9.17, 15) is 4.79 Å². The quantitative estimate of drug-likeness (QED) is 0.601. The van der Waals surface area contributed by atoms with Crippen LogP contribution < -0.4 is 15.5 Å². The number of para-hydroxylation sites is 2. The largest absolute Gasteiger partial charge is 0.369 e. The molecule has 0 aliphatic carbocycles. The number of nitrogens with zero attached hydrogens (tertiary/aromatic N) is 2. The molecule has 3 aromatic rings. The van der Waals surface area contributed by atoms with Crippen molar-refractivity contribution in [1.29, 1.82) is 0 Å². The summed E-state index contributed by atoms with van der Waals surface area (Å²) in [5.41, 5.74) is 2.07. The number of hydrogen-bond acceptors (Lipinski definition) is 4. The molecule has 0 saturated carbocycles. The Morgan fingerprint density at radius 3 is 2.20 bits per heavy atom. The van der Waals surface area contributed by atoms with Crippen molar-refractivity contribution < 1.29 is 4.79 Å². The molecule has 6 heteroatoms. The summed E-state index contributed by atoms with van der Waals surface area (Å²) in [5, 5.41) is 8.20. The van der Waals surface area contributed by atoms with Crippen LogP contribution in [0.3, 0.4) is 0 Å². The van der Waals surface area contributed by atoms with Gasteiger partial charge < -0.3 is 15.5 Å². The van der Waals surface area contributed by atoms with Crippen molar-refractivity contribution in [3.63, 3.8) is 0 Å². The number of nitrogens with one attached hydrogen (secondary N) is 2. The second kappa shape index (κ2) is 9.78. The first-order valence-electron chi connectivity index (χ1n) is 10.4. The van der Waals surface area contributed by atoms with Crippen molar-refractivity contribution in [3.05, 3.63) is 83.1 Å². The van der Waals surface area contributed by atoms with E-state index in [1.807, 2.05) is 30.3 Å². The van der Waals surface area contributed by atoms with Crippen LogP contribution >= 0.6 is 11.3 Å². The van der Waals surface area contributed by atoms with Gasteiger partial charge in [-0.2, -0.15) is 0 Å². The molecule has 1 aliphatic rings. The molecule has 2 heterocycles. The number of benzene rings is 2. The molecule has 30 heavy (non-hydrogen) atoms. The lowest BCUT2D eigenvalue weighted by molar-refractivity contribution is 0.157. The zero-order valence-electron chi connectivity index (χ0n) is 17.2. The molecule has 0 bridgehead atoms. The summed E-state index contributed by atoms with van der Waals surface area (Å²) >= 11 is 1.75. The highest BCUT2D eigenvalue weighted by Gasteiger charge is 2.30. The summed E-state index contributed by atoms with van der Waals surface area (Å²) in [6.07, 6.45) is 0. The van der Waals surface area contributed by atoms with Crippen LogP contribution in [0.15, 0.2) is 78.2 Å². The summed E-state index contributed by atoms with van der Waals surface area (Å²) in [4.78, 5) is 18.8. The number of carbonyl (C=O) groups is 1. The van der Waals surface area contributed by atoms with Gasteiger partial charge in [0.1, 0.15) is 0 Å². The molecule has 2 N–H and O–H groups in total. The first kappa shape index (κ1) is 20.4. The van der Waals surface area contributed by atoms with Gasteiger partial charge in [-0.25, -0.2) is 4.79 Å². The number of urea groups is 1. The highest BCUT2D eigenvalue weighted by molar-refractivity contribution is 7.10. The highest BCUT2D eigenvalue weighted by atomic mass is 32.1. The Bertz CT molecular complexity index is 909. The Labute approximate surface area is 182 Å². The van der Waals surface area contributed by atoms with E-state index in [0.29, 0.717) is 0 Å². The maximum atomic E-state index is 12.6. The van der Waals surface area contributed by atoms with Gasteiger partial charge in [-0.15, -0.1) is 11.3 Å². The third-order valence-electron chi connectivity index (χ3n) is 5.53. The third kappa shape index (κ3) is 5.01. The van der Waals surface area contributed by atoms with E-state index in [-0.39, 0.29) is 18.1 Å². The van der Waals surface area contributed by atoms with Crippen LogP contribution in [-0.4, -0.2) is 43.2 Å². The summed E-state index contributed by atoms with van der Waals surface area (Å²) < 4.78 is 0. The van der Waals surface area contributed by atoms with Gasteiger partial charge in [0.15, 0.2) is 0 Å². The van der Waals surface area contributed by atoms with E-state index < -0.39 is 0 Å². The Kier molecular flexibility index (Phi) is 6.67. The van der Waals surface area contributed by atoms with E-state index in [1.54, 1.807) is 11.3 Å². The molecule has 1 saturated heterocycles. The molecule has 1 aromatic heterocycles. The number of piperazine rings is 1. The average Bonchev–Trinajstić information content (AvgIpc) is 3.30. The van der Waals surface area contributed by atoms with E-state index >= 15 is 0 Å². The van der Waals surface area contributed by atoms with Crippen LogP contribution in [0.1, 0.15) is 17.8 Å². The number of rotatable bonds is 6. The van der Waals surface area contributed by atoms with Gasteiger partial charge in [-0.3, -0.25) is 4.90 Å². The number of hydrogen-bond donors (Lipinski definition) is 2. The molecule has 5 nitrogen and oxygen atoms in total. The van der Waals surface area contributed by atoms with Gasteiger partial charge in [-0.05, 0) is 42.6 Å². The molecule has 0 unspecified atom stereocenters. The maximum absolute atomic E-state index is 12.6. The predicted octanol–water partition coefficient (Wildman–Crippen LogP) is 4.82. The molecule has 1 aliphatic heterocycles. The molecular weight excluding hydrogens is 392 g/mol. The van der Waals surface area contributed by atoms with Crippen LogP contribution in [0.4, 0.5) is 16.2 Å². The van der Waals surface area contributed by atoms with Crippen molar-refractivity contribution in [2.45, 2.75) is 19.0 Å². The molecule has 4 rings (SSSR count). The highest BCUT2D eigenvalue weighted by Crippen LogP contribution is 2.30. The molecule has 2 amide bonds. The lowest BCUT2D eigenvalue weighted by Gasteiger charge is -2.42. The normalized spacial score (nSPS) is 16.6. The van der Waals surface area contributed by atoms with E-state index in [1.165, 1.54) is 10.6 Å². The lowest BCUT2D eigenvalue weighted by atomic mass is 10.0. The van der Waals surface area contributed by atoms with Crippen LogP contribution in [0.2, 0.25) is 0 Å². The van der Waals surface area contributed by atoms with Crippen molar-refractivity contribution in [1.82, 2.24) is 10.2 Å². The van der Waals surface area contributed by atoms with E-state index in [0.717, 1.165) is 31.9 Å². The number of carbonyl (C=O) groups excluding carboxylic acids is 1. The van der Waals surface area contributed by atoms with Crippen LogP contribution in [0.5, 0.6) is 0 Å². The van der Waals surface area contributed by atoms with Crippen molar-refractivity contribution >= 4 is 28.7 Å². The van der Waals surface area contributed by atoms with Crippen molar-refractivity contribution in [2.24, 2.45) is 0 Å². The minimum atomic E-state index is -0.168. The predicted molar refractivity (Wildman–Crippen MR) is 125 cm³/mol. The standard InChI is InChI=1S/C24H28N4OS/c1-19(25-24(29)26-20-9-4-2-5-10-20)23(22-13-8-18-30-22)28-16-14-27(15-17-28)21-11-6-3-7-12-21/h2-13,18-19,23H,14-17H2,1H3,(H2,25,26,29)/t19-,23+/m0/s1. The van der Waals surface area contributed by atoms with Crippen LogP contribution in [0, 0.1) is 0 Å². The van der Waals surface area contributed by atoms with Gasteiger partial charge in [0.25, 0.3) is 0 Å². The monoisotopic (exact) mass is 420 g/mol. The molecule has 2 aromatic carbocycles. The molecule has 0 radical (unpaired) electrons. The summed E-state index contributed by atoms with van der Waals surface area (Å²) in [5.74, 6) is 0. The van der Waals surface area contributed by atoms with Gasteiger partial charge in [0.05, 0.1) is 6.04 Å². The third-order valence-corrected chi connectivity index (χ3v) is 6.47. The van der Waals surface area contributed by atoms with Crippen LogP contribution in [0.25, 0.3) is 0 Å². The fourth-order valence-corrected chi connectivity index (χ4v) is 5.04. The maximum Gasteiger partial charge on any atom is 0.319 e. The minimum absolute atomic E-state index is 0.0179. The second-order valence-electron chi connectivity index (χ2n) is 7.57. The smallest absolute Gasteiger partial charge is 0.319 e. The van der Waals surface area contributed by atoms with Gasteiger partial charge in [0.2, 0.25) is 0 Å². The fourth-order valence-electron chi connectivity index (χ4n) is 4.07. The van der Waals surface area contributed by atoms with Crippen molar-refractivity contribution in [2.75, 3.05) is 36.4 Å². The summed E-state index contributed by atoms with van der Waals surface area (Å²) in [6.45, 7) is 5.98. The van der Waals surface area contributed by atoms with Crippen molar-refractivity contribution in [3.8, 4) is 0 Å². The van der Waals surface area contributed by atoms with Gasteiger partial charge in [0, 0.05) is 48.5 Å². The number of anilines is 2. The first-order chi connectivity index (χ1) is 14.7. The Balaban J connectivity index is 1.41. The molecule has 156 valence electrons. The Hall–Kier alpha value is -2.83. The zero-order chi connectivity index (χ0) is 20.8. The zero-order valence-corrected chi connectivity index (χ0v) is 18.0. The minimum Gasteiger partial charge on any atom is -0.369 e. The van der Waals surface area contributed by atoms with E-state index in [4.69, 9.17) is 0 Å². The Morgan fingerprint density at radius 1 is 0.900 bits per heavy atom. The SMILES string of the molecule is C[C@H](NC(=O)Nc1ccccc1)[C@H](c1cccs1)N1CCN(c2ccccc2)CC1. The van der Waals surface area contributed by atoms with Crippen LogP contribution in [-0.2, 0) is 0 Å².